The molecule has 2 aromatic carbocycles. The van der Waals surface area contributed by atoms with E-state index in [1.54, 1.807) is 12.1 Å². The Balaban J connectivity index is 1.79. The fourth-order valence-corrected chi connectivity index (χ4v) is 3.32. The quantitative estimate of drug-likeness (QED) is 0.587. The second kappa shape index (κ2) is 6.46. The maximum atomic E-state index is 14.2. The zero-order valence-electron chi connectivity index (χ0n) is 13.1. The Labute approximate surface area is 150 Å². The molecular formula is C18H14BrF3N2O. The highest BCUT2D eigenvalue weighted by Crippen LogP contribution is 2.26. The summed E-state index contributed by atoms with van der Waals surface area (Å²) in [6, 6.07) is 6.95. The highest BCUT2D eigenvalue weighted by Gasteiger charge is 2.23. The van der Waals surface area contributed by atoms with Crippen LogP contribution < -0.4 is 0 Å². The first kappa shape index (κ1) is 16.6. The summed E-state index contributed by atoms with van der Waals surface area (Å²) < 4.78 is 49.4. The molecule has 0 N–H and O–H groups in total. The molecule has 1 atom stereocenters. The van der Waals surface area contributed by atoms with Crippen LogP contribution in [0.1, 0.15) is 17.8 Å². The number of imidazole rings is 1. The van der Waals surface area contributed by atoms with Crippen LogP contribution in [0.25, 0.3) is 11.0 Å². The van der Waals surface area contributed by atoms with E-state index in [-0.39, 0.29) is 28.1 Å². The van der Waals surface area contributed by atoms with Crippen molar-refractivity contribution in [3.63, 3.8) is 0 Å². The zero-order valence-corrected chi connectivity index (χ0v) is 14.7. The maximum Gasteiger partial charge on any atom is 0.151 e. The van der Waals surface area contributed by atoms with Gasteiger partial charge in [0.05, 0.1) is 22.6 Å². The average Bonchev–Trinajstić information content (AvgIpc) is 2.87. The van der Waals surface area contributed by atoms with E-state index in [0.717, 1.165) is 18.6 Å². The van der Waals surface area contributed by atoms with E-state index >= 15 is 0 Å². The van der Waals surface area contributed by atoms with Crippen molar-refractivity contribution in [3.8, 4) is 0 Å². The summed E-state index contributed by atoms with van der Waals surface area (Å²) in [6.07, 6.45) is 1.01. The molecule has 0 aliphatic carbocycles. The number of halogens is 4. The predicted molar refractivity (Wildman–Crippen MR) is 90.9 cm³/mol. The molecule has 0 bridgehead atoms. The molecule has 1 aliphatic heterocycles. The molecule has 0 unspecified atom stereocenters. The molecule has 25 heavy (non-hydrogen) atoms. The van der Waals surface area contributed by atoms with Gasteiger partial charge in [0.25, 0.3) is 0 Å². The Bertz CT molecular complexity index is 953. The number of nitrogens with zero attached hydrogens (tertiary/aromatic N) is 2. The molecule has 1 aromatic heterocycles. The van der Waals surface area contributed by atoms with Gasteiger partial charge in [-0.2, -0.15) is 0 Å². The number of ether oxygens (including phenoxy) is 1. The monoisotopic (exact) mass is 410 g/mol. The lowest BCUT2D eigenvalue weighted by atomic mass is 10.1. The average molecular weight is 411 g/mol. The highest BCUT2D eigenvalue weighted by molar-refractivity contribution is 9.10. The van der Waals surface area contributed by atoms with Crippen molar-refractivity contribution >= 4 is 27.0 Å². The molecule has 2 heterocycles. The van der Waals surface area contributed by atoms with Crippen molar-refractivity contribution in [2.45, 2.75) is 25.5 Å². The zero-order chi connectivity index (χ0) is 17.6. The lowest BCUT2D eigenvalue weighted by Gasteiger charge is -2.27. The van der Waals surface area contributed by atoms with Gasteiger partial charge in [0.1, 0.15) is 23.0 Å². The first-order chi connectivity index (χ1) is 12.0. The SMILES string of the molecule is Fc1cc(Cc2nc3c(F)cccc3n2C[C@@H]2CCO2)c(F)cc1Br. The van der Waals surface area contributed by atoms with Gasteiger partial charge in [-0.1, -0.05) is 6.07 Å². The lowest BCUT2D eigenvalue weighted by molar-refractivity contribution is -0.0589. The minimum absolute atomic E-state index is 0.0333. The third-order valence-electron chi connectivity index (χ3n) is 4.43. The van der Waals surface area contributed by atoms with Crippen molar-refractivity contribution in [1.82, 2.24) is 9.55 Å². The van der Waals surface area contributed by atoms with E-state index in [9.17, 15) is 13.2 Å². The molecule has 0 radical (unpaired) electrons. The van der Waals surface area contributed by atoms with Crippen LogP contribution in [0.3, 0.4) is 0 Å². The van der Waals surface area contributed by atoms with Crippen molar-refractivity contribution < 1.29 is 17.9 Å². The second-order valence-electron chi connectivity index (χ2n) is 6.06. The fraction of sp³-hybridized carbons (Fsp3) is 0.278. The smallest absolute Gasteiger partial charge is 0.151 e. The molecule has 1 fully saturated rings. The van der Waals surface area contributed by atoms with Gasteiger partial charge in [0.15, 0.2) is 5.82 Å². The molecule has 130 valence electrons. The second-order valence-corrected chi connectivity index (χ2v) is 6.92. The third-order valence-corrected chi connectivity index (χ3v) is 5.03. The largest absolute Gasteiger partial charge is 0.376 e. The van der Waals surface area contributed by atoms with Gasteiger partial charge in [-0.3, -0.25) is 0 Å². The van der Waals surface area contributed by atoms with Crippen LogP contribution >= 0.6 is 15.9 Å². The normalized spacial score (nSPS) is 17.0. The number of aromatic nitrogens is 2. The van der Waals surface area contributed by atoms with Gasteiger partial charge in [-0.15, -0.1) is 0 Å². The van der Waals surface area contributed by atoms with E-state index in [1.165, 1.54) is 6.07 Å². The van der Waals surface area contributed by atoms with Gasteiger partial charge < -0.3 is 9.30 Å². The number of hydrogen-bond acceptors (Lipinski definition) is 2. The van der Waals surface area contributed by atoms with E-state index < -0.39 is 17.5 Å². The number of benzene rings is 2. The molecular weight excluding hydrogens is 397 g/mol. The Kier molecular flexibility index (Phi) is 4.29. The minimum Gasteiger partial charge on any atom is -0.376 e. The predicted octanol–water partition coefficient (Wildman–Crippen LogP) is 4.60. The Morgan fingerprint density at radius 3 is 2.68 bits per heavy atom. The van der Waals surface area contributed by atoms with Crippen LogP contribution in [0.5, 0.6) is 0 Å². The van der Waals surface area contributed by atoms with E-state index in [0.29, 0.717) is 24.5 Å². The van der Waals surface area contributed by atoms with Gasteiger partial charge >= 0.3 is 0 Å². The summed E-state index contributed by atoms with van der Waals surface area (Å²) in [5.41, 5.74) is 1.03. The summed E-state index contributed by atoms with van der Waals surface area (Å²) in [7, 11) is 0. The van der Waals surface area contributed by atoms with Crippen molar-refractivity contribution in [1.29, 1.82) is 0 Å². The van der Waals surface area contributed by atoms with E-state index in [4.69, 9.17) is 4.74 Å². The van der Waals surface area contributed by atoms with Crippen LogP contribution in [0, 0.1) is 17.5 Å². The summed E-state index contributed by atoms with van der Waals surface area (Å²) in [6.45, 7) is 1.21. The van der Waals surface area contributed by atoms with Gasteiger partial charge in [0.2, 0.25) is 0 Å². The van der Waals surface area contributed by atoms with Crippen LogP contribution in [-0.4, -0.2) is 22.3 Å². The van der Waals surface area contributed by atoms with Crippen LogP contribution in [0.2, 0.25) is 0 Å². The number of fused-ring (bicyclic) bond motifs is 1. The molecule has 0 amide bonds. The van der Waals surface area contributed by atoms with Crippen LogP contribution in [-0.2, 0) is 17.7 Å². The molecule has 0 saturated carbocycles. The number of rotatable bonds is 4. The maximum absolute atomic E-state index is 14.2. The summed E-state index contributed by atoms with van der Waals surface area (Å²) in [4.78, 5) is 4.34. The first-order valence-corrected chi connectivity index (χ1v) is 8.71. The molecule has 1 saturated heterocycles. The molecule has 3 nitrogen and oxygen atoms in total. The minimum atomic E-state index is -0.549. The topological polar surface area (TPSA) is 27.1 Å². The number of hydrogen-bond donors (Lipinski definition) is 0. The van der Waals surface area contributed by atoms with Gasteiger partial charge in [-0.05, 0) is 52.2 Å². The lowest BCUT2D eigenvalue weighted by Crippen LogP contribution is -2.31. The summed E-state index contributed by atoms with van der Waals surface area (Å²) in [5.74, 6) is -1.04. The Hall–Kier alpha value is -1.86. The van der Waals surface area contributed by atoms with Crippen LogP contribution in [0.4, 0.5) is 13.2 Å². The van der Waals surface area contributed by atoms with Crippen molar-refractivity contribution in [2.24, 2.45) is 0 Å². The molecule has 1 aliphatic rings. The molecule has 3 aromatic rings. The number of para-hydroxylation sites is 1. The summed E-state index contributed by atoms with van der Waals surface area (Å²) in [5, 5.41) is 0. The fourth-order valence-electron chi connectivity index (χ4n) is 3.00. The van der Waals surface area contributed by atoms with Crippen molar-refractivity contribution in [3.05, 3.63) is 63.6 Å². The highest BCUT2D eigenvalue weighted by atomic mass is 79.9. The van der Waals surface area contributed by atoms with Gasteiger partial charge in [-0.25, -0.2) is 18.2 Å². The van der Waals surface area contributed by atoms with Crippen molar-refractivity contribution in [2.75, 3.05) is 6.61 Å². The van der Waals surface area contributed by atoms with Gasteiger partial charge in [0, 0.05) is 13.0 Å². The molecule has 4 rings (SSSR count). The molecule has 0 spiro atoms. The third kappa shape index (κ3) is 3.06. The van der Waals surface area contributed by atoms with E-state index in [2.05, 4.69) is 20.9 Å². The Morgan fingerprint density at radius 1 is 1.16 bits per heavy atom. The van der Waals surface area contributed by atoms with E-state index in [1.807, 2.05) is 4.57 Å². The standard InChI is InChI=1S/C18H14BrF3N2O/c19-12-8-14(21)10(6-15(12)22)7-17-23-18-13(20)2-1-3-16(18)24(17)9-11-4-5-25-11/h1-3,6,8,11H,4-5,7,9H2/t11-/m0/s1. The van der Waals surface area contributed by atoms with Crippen LogP contribution in [0.15, 0.2) is 34.8 Å². The molecule has 7 heteroatoms. The Morgan fingerprint density at radius 2 is 1.96 bits per heavy atom. The first-order valence-electron chi connectivity index (χ1n) is 7.91. The summed E-state index contributed by atoms with van der Waals surface area (Å²) >= 11 is 2.97.